The number of halogens is 2. The number of phenolic OH excluding ortho intramolecular Hbond substituents is 1. The summed E-state index contributed by atoms with van der Waals surface area (Å²) in [7, 11) is 0. The summed E-state index contributed by atoms with van der Waals surface area (Å²) in [6, 6.07) is 14.0. The lowest BCUT2D eigenvalue weighted by atomic mass is 9.89. The molecule has 2 aliphatic rings. The van der Waals surface area contributed by atoms with Gasteiger partial charge in [-0.3, -0.25) is 4.79 Å². The summed E-state index contributed by atoms with van der Waals surface area (Å²) >= 11 is 0. The van der Waals surface area contributed by atoms with E-state index >= 15 is 0 Å². The van der Waals surface area contributed by atoms with Crippen molar-refractivity contribution in [1.29, 1.82) is 0 Å². The molecule has 6 heteroatoms. The van der Waals surface area contributed by atoms with E-state index in [9.17, 15) is 14.3 Å². The average Bonchev–Trinajstić information content (AvgIpc) is 3.18. The molecule has 3 atom stereocenters. The molecule has 2 saturated heterocycles. The lowest BCUT2D eigenvalue weighted by Crippen LogP contribution is -2.34. The maximum Gasteiger partial charge on any atom is 0.258 e. The number of fused-ring (bicyclic) bond motifs is 1. The third-order valence-electron chi connectivity index (χ3n) is 5.18. The summed E-state index contributed by atoms with van der Waals surface area (Å²) < 4.78 is 13.6. The molecular weight excluding hydrogens is 343 g/mol. The minimum atomic E-state index is -0.766. The zero-order chi connectivity index (χ0) is 16.7. The van der Waals surface area contributed by atoms with Gasteiger partial charge >= 0.3 is 0 Å². The number of likely N-dealkylation sites (tertiary alicyclic amines) is 1. The molecule has 0 aromatic heterocycles. The minimum absolute atomic E-state index is 0. The van der Waals surface area contributed by atoms with Crippen LogP contribution in [0.25, 0.3) is 0 Å². The molecular formula is C19H20ClFN2O2. The quantitative estimate of drug-likeness (QED) is 0.863. The SMILES string of the molecule is Cl.O=C(c1cccc(F)c1O)N1C[C@@H]2CNC[C@@H]2[C@@H]1c1ccccc1. The van der Waals surface area contributed by atoms with Crippen LogP contribution in [0.3, 0.4) is 0 Å². The van der Waals surface area contributed by atoms with Crippen molar-refractivity contribution in [3.8, 4) is 5.75 Å². The highest BCUT2D eigenvalue weighted by Gasteiger charge is 2.47. The number of para-hydroxylation sites is 1. The average molecular weight is 363 g/mol. The van der Waals surface area contributed by atoms with Gasteiger partial charge in [0.25, 0.3) is 5.91 Å². The molecule has 1 amide bonds. The van der Waals surface area contributed by atoms with E-state index in [0.29, 0.717) is 18.4 Å². The first-order valence-corrected chi connectivity index (χ1v) is 8.21. The normalized spacial score (nSPS) is 24.7. The lowest BCUT2D eigenvalue weighted by molar-refractivity contribution is 0.0710. The number of phenols is 1. The van der Waals surface area contributed by atoms with Gasteiger partial charge in [-0.25, -0.2) is 4.39 Å². The Balaban J connectivity index is 0.00000182. The number of hydrogen-bond acceptors (Lipinski definition) is 3. The number of amides is 1. The maximum absolute atomic E-state index is 13.6. The molecule has 2 N–H and O–H groups in total. The Labute approximate surface area is 152 Å². The number of benzene rings is 2. The molecule has 0 aliphatic carbocycles. The topological polar surface area (TPSA) is 52.6 Å². The maximum atomic E-state index is 13.6. The van der Waals surface area contributed by atoms with E-state index in [-0.39, 0.29) is 29.9 Å². The monoisotopic (exact) mass is 362 g/mol. The van der Waals surface area contributed by atoms with Gasteiger partial charge in [-0.2, -0.15) is 0 Å². The van der Waals surface area contributed by atoms with Crippen LogP contribution in [0.4, 0.5) is 4.39 Å². The van der Waals surface area contributed by atoms with Crippen molar-refractivity contribution in [2.24, 2.45) is 11.8 Å². The van der Waals surface area contributed by atoms with Crippen molar-refractivity contribution >= 4 is 18.3 Å². The lowest BCUT2D eigenvalue weighted by Gasteiger charge is -2.28. The van der Waals surface area contributed by atoms with Crippen molar-refractivity contribution in [2.45, 2.75) is 6.04 Å². The molecule has 2 aromatic rings. The largest absolute Gasteiger partial charge is 0.504 e. The van der Waals surface area contributed by atoms with E-state index < -0.39 is 11.6 Å². The second kappa shape index (κ2) is 7.02. The van der Waals surface area contributed by atoms with Crippen LogP contribution < -0.4 is 5.32 Å². The number of carbonyl (C=O) groups is 1. The van der Waals surface area contributed by atoms with Gasteiger partial charge in [-0.15, -0.1) is 12.4 Å². The highest BCUT2D eigenvalue weighted by atomic mass is 35.5. The number of nitrogens with zero attached hydrogens (tertiary/aromatic N) is 1. The fourth-order valence-electron chi connectivity index (χ4n) is 4.05. The van der Waals surface area contributed by atoms with E-state index in [1.165, 1.54) is 12.1 Å². The Hall–Kier alpha value is -2.11. The Morgan fingerprint density at radius 1 is 1.12 bits per heavy atom. The molecule has 4 rings (SSSR count). The molecule has 25 heavy (non-hydrogen) atoms. The first kappa shape index (κ1) is 17.7. The number of carbonyl (C=O) groups excluding carboxylic acids is 1. The first-order chi connectivity index (χ1) is 11.7. The molecule has 0 unspecified atom stereocenters. The summed E-state index contributed by atoms with van der Waals surface area (Å²) in [5.74, 6) is -0.917. The van der Waals surface area contributed by atoms with E-state index in [4.69, 9.17) is 0 Å². The zero-order valence-corrected chi connectivity index (χ0v) is 14.4. The van der Waals surface area contributed by atoms with Gasteiger partial charge in [0, 0.05) is 25.6 Å². The molecule has 2 fully saturated rings. The van der Waals surface area contributed by atoms with E-state index in [2.05, 4.69) is 5.32 Å². The Bertz CT molecular complexity index is 771. The smallest absolute Gasteiger partial charge is 0.258 e. The third kappa shape index (κ3) is 2.98. The number of nitrogens with one attached hydrogen (secondary N) is 1. The Kier molecular flexibility index (Phi) is 4.97. The minimum Gasteiger partial charge on any atom is -0.504 e. The first-order valence-electron chi connectivity index (χ1n) is 8.21. The fraction of sp³-hybridized carbons (Fsp3) is 0.316. The van der Waals surface area contributed by atoms with Gasteiger partial charge in [-0.1, -0.05) is 36.4 Å². The highest BCUT2D eigenvalue weighted by molar-refractivity contribution is 5.97. The van der Waals surface area contributed by atoms with Crippen LogP contribution in [0.15, 0.2) is 48.5 Å². The predicted molar refractivity (Wildman–Crippen MR) is 95.4 cm³/mol. The van der Waals surface area contributed by atoms with Crippen LogP contribution in [-0.4, -0.2) is 35.5 Å². The summed E-state index contributed by atoms with van der Waals surface area (Å²) in [6.07, 6.45) is 0. The van der Waals surface area contributed by atoms with Crippen LogP contribution in [0.5, 0.6) is 5.75 Å². The number of hydrogen-bond donors (Lipinski definition) is 2. The van der Waals surface area contributed by atoms with Crippen molar-refractivity contribution in [2.75, 3.05) is 19.6 Å². The number of rotatable bonds is 2. The van der Waals surface area contributed by atoms with E-state index in [0.717, 1.165) is 24.7 Å². The Morgan fingerprint density at radius 3 is 2.64 bits per heavy atom. The summed E-state index contributed by atoms with van der Waals surface area (Å²) in [6.45, 7) is 2.36. The summed E-state index contributed by atoms with van der Waals surface area (Å²) in [5, 5.41) is 13.3. The van der Waals surface area contributed by atoms with Crippen LogP contribution >= 0.6 is 12.4 Å². The van der Waals surface area contributed by atoms with Gasteiger partial charge in [0.15, 0.2) is 11.6 Å². The van der Waals surface area contributed by atoms with Crippen molar-refractivity contribution in [1.82, 2.24) is 10.2 Å². The van der Waals surface area contributed by atoms with Gasteiger partial charge < -0.3 is 15.3 Å². The van der Waals surface area contributed by atoms with Crippen LogP contribution in [0.1, 0.15) is 22.0 Å². The molecule has 0 radical (unpaired) electrons. The second-order valence-corrected chi connectivity index (χ2v) is 6.53. The predicted octanol–water partition coefficient (Wildman–Crippen LogP) is 2.99. The van der Waals surface area contributed by atoms with Gasteiger partial charge in [0.1, 0.15) is 0 Å². The van der Waals surface area contributed by atoms with Crippen LogP contribution in [-0.2, 0) is 0 Å². The molecule has 2 aromatic carbocycles. The zero-order valence-electron chi connectivity index (χ0n) is 13.6. The van der Waals surface area contributed by atoms with E-state index in [1.54, 1.807) is 4.90 Å². The molecule has 0 spiro atoms. The van der Waals surface area contributed by atoms with Crippen molar-refractivity contribution < 1.29 is 14.3 Å². The highest BCUT2D eigenvalue weighted by Crippen LogP contribution is 2.43. The molecule has 132 valence electrons. The molecule has 0 bridgehead atoms. The summed E-state index contributed by atoms with van der Waals surface area (Å²) in [5.41, 5.74) is 1.11. The van der Waals surface area contributed by atoms with Crippen LogP contribution in [0, 0.1) is 17.7 Å². The Morgan fingerprint density at radius 2 is 1.88 bits per heavy atom. The van der Waals surface area contributed by atoms with Gasteiger partial charge in [0.2, 0.25) is 0 Å². The molecule has 0 saturated carbocycles. The van der Waals surface area contributed by atoms with Crippen molar-refractivity contribution in [3.05, 3.63) is 65.5 Å². The molecule has 2 aliphatic heterocycles. The third-order valence-corrected chi connectivity index (χ3v) is 5.18. The van der Waals surface area contributed by atoms with Crippen LogP contribution in [0.2, 0.25) is 0 Å². The van der Waals surface area contributed by atoms with E-state index in [1.807, 2.05) is 30.3 Å². The summed E-state index contributed by atoms with van der Waals surface area (Å²) in [4.78, 5) is 14.8. The number of aromatic hydroxyl groups is 1. The molecule has 4 nitrogen and oxygen atoms in total. The second-order valence-electron chi connectivity index (χ2n) is 6.53. The standard InChI is InChI=1S/C19H19FN2O2.ClH/c20-16-8-4-7-14(18(16)23)19(24)22-11-13-9-21-10-15(13)17(22)12-5-2-1-3-6-12;/h1-8,13,15,17,21,23H,9-11H2;1H/t13-,15-,17-;/m0./s1. The van der Waals surface area contributed by atoms with Crippen molar-refractivity contribution in [3.63, 3.8) is 0 Å². The van der Waals surface area contributed by atoms with Gasteiger partial charge in [-0.05, 0) is 23.6 Å². The fourth-order valence-corrected chi connectivity index (χ4v) is 4.05. The molecule has 2 heterocycles. The van der Waals surface area contributed by atoms with Gasteiger partial charge in [0.05, 0.1) is 11.6 Å².